The highest BCUT2D eigenvalue weighted by atomic mass is 32.2. The fourth-order valence-corrected chi connectivity index (χ4v) is 3.12. The molecule has 1 aliphatic carbocycles. The Hall–Kier alpha value is -0.630. The van der Waals surface area contributed by atoms with E-state index >= 15 is 0 Å². The lowest BCUT2D eigenvalue weighted by molar-refractivity contribution is -0.0331. The van der Waals surface area contributed by atoms with E-state index in [-0.39, 0.29) is 37.1 Å². The van der Waals surface area contributed by atoms with E-state index in [1.165, 1.54) is 0 Å². The maximum Gasteiger partial charge on any atom is 0.441 e. The van der Waals surface area contributed by atoms with E-state index in [2.05, 4.69) is 5.32 Å². The molecule has 0 heterocycles. The smallest absolute Gasteiger partial charge is 0.441 e. The number of aliphatic hydroxyl groups is 1. The molecule has 1 aliphatic rings. The third kappa shape index (κ3) is 9.30. The lowest BCUT2D eigenvalue weighted by Gasteiger charge is -2.33. The van der Waals surface area contributed by atoms with Crippen LogP contribution in [-0.2, 0) is 4.74 Å². The van der Waals surface area contributed by atoms with Gasteiger partial charge in [-0.3, -0.25) is 0 Å². The largest absolute Gasteiger partial charge is 0.444 e. The lowest BCUT2D eigenvalue weighted by Crippen LogP contribution is -2.43. The number of ether oxygens (including phenoxy) is 1. The molecule has 1 atom stereocenters. The Bertz CT molecular complexity index is 394. The predicted octanol–water partition coefficient (Wildman–Crippen LogP) is 3.93. The second-order valence-electron chi connectivity index (χ2n) is 7.21. The molecular formula is C15H26F3NO3S. The molecule has 0 aromatic carbocycles. The maximum atomic E-state index is 12.3. The summed E-state index contributed by atoms with van der Waals surface area (Å²) in [5, 5.41) is 12.3. The van der Waals surface area contributed by atoms with Gasteiger partial charge in [0.25, 0.3) is 0 Å². The summed E-state index contributed by atoms with van der Waals surface area (Å²) in [7, 11) is 0. The maximum absolute atomic E-state index is 12.3. The minimum Gasteiger partial charge on any atom is -0.444 e. The third-order valence-electron chi connectivity index (χ3n) is 3.66. The number of amides is 1. The van der Waals surface area contributed by atoms with E-state index in [9.17, 15) is 23.1 Å². The third-order valence-corrected chi connectivity index (χ3v) is 4.39. The van der Waals surface area contributed by atoms with Crippen LogP contribution in [0.2, 0.25) is 0 Å². The average molecular weight is 357 g/mol. The van der Waals surface area contributed by atoms with Crippen molar-refractivity contribution in [1.82, 2.24) is 5.32 Å². The number of alkyl carbamates (subject to hydrolysis) is 1. The summed E-state index contributed by atoms with van der Waals surface area (Å²) in [4.78, 5) is 11.8. The minimum atomic E-state index is -4.28. The molecule has 0 bridgehead atoms. The minimum absolute atomic E-state index is 0.0875. The van der Waals surface area contributed by atoms with Gasteiger partial charge in [-0.1, -0.05) is 24.6 Å². The lowest BCUT2D eigenvalue weighted by atomic mass is 9.80. The number of hydrogen-bond donors (Lipinski definition) is 2. The molecule has 0 spiro atoms. The summed E-state index contributed by atoms with van der Waals surface area (Å²) in [5.41, 5.74) is -5.65. The highest BCUT2D eigenvalue weighted by Crippen LogP contribution is 2.43. The Morgan fingerprint density at radius 3 is 2.35 bits per heavy atom. The molecule has 0 aromatic rings. The van der Waals surface area contributed by atoms with Crippen molar-refractivity contribution >= 4 is 17.9 Å². The van der Waals surface area contributed by atoms with E-state index < -0.39 is 22.6 Å². The second kappa shape index (κ2) is 7.96. The van der Waals surface area contributed by atoms with Crippen molar-refractivity contribution < 1.29 is 27.8 Å². The Labute approximate surface area is 139 Å². The molecule has 1 saturated carbocycles. The van der Waals surface area contributed by atoms with E-state index in [4.69, 9.17) is 4.74 Å². The Morgan fingerprint density at radius 1 is 1.30 bits per heavy atom. The molecule has 1 rings (SSSR count). The molecule has 8 heteroatoms. The van der Waals surface area contributed by atoms with E-state index in [1.54, 1.807) is 20.8 Å². The summed E-state index contributed by atoms with van der Waals surface area (Å²) < 4.78 is 42.1. The molecule has 0 aliphatic heterocycles. The summed E-state index contributed by atoms with van der Waals surface area (Å²) in [5.74, 6) is 0.297. The van der Waals surface area contributed by atoms with Crippen LogP contribution in [0.5, 0.6) is 0 Å². The van der Waals surface area contributed by atoms with Crippen molar-refractivity contribution in [2.24, 2.45) is 11.3 Å². The van der Waals surface area contributed by atoms with Crippen molar-refractivity contribution in [2.75, 3.05) is 18.9 Å². The first-order valence-corrected chi connectivity index (χ1v) is 8.72. The van der Waals surface area contributed by atoms with Crippen molar-refractivity contribution in [3.63, 3.8) is 0 Å². The van der Waals surface area contributed by atoms with Crippen molar-refractivity contribution in [2.45, 2.75) is 57.6 Å². The quantitative estimate of drug-likeness (QED) is 0.691. The van der Waals surface area contributed by atoms with Crippen LogP contribution in [0.3, 0.4) is 0 Å². The van der Waals surface area contributed by atoms with Gasteiger partial charge in [0.05, 0.1) is 6.61 Å². The summed E-state index contributed by atoms with van der Waals surface area (Å²) >= 11 is -0.0875. The second-order valence-corrected chi connectivity index (χ2v) is 8.37. The van der Waals surface area contributed by atoms with Gasteiger partial charge in [0, 0.05) is 17.7 Å². The van der Waals surface area contributed by atoms with E-state index in [0.717, 1.165) is 12.8 Å². The summed E-state index contributed by atoms with van der Waals surface area (Å²) in [6, 6.07) is 0. The number of alkyl halides is 3. The van der Waals surface area contributed by atoms with Crippen LogP contribution in [0.15, 0.2) is 0 Å². The topological polar surface area (TPSA) is 58.6 Å². The average Bonchev–Trinajstić information content (AvgIpc) is 3.16. The number of carbonyl (C=O) groups excluding carboxylic acids is 1. The number of thioether (sulfide) groups is 1. The van der Waals surface area contributed by atoms with Gasteiger partial charge in [-0.05, 0) is 39.5 Å². The van der Waals surface area contributed by atoms with Crippen LogP contribution in [0.1, 0.15) is 46.5 Å². The van der Waals surface area contributed by atoms with Crippen LogP contribution in [0.25, 0.3) is 0 Å². The first-order valence-electron chi connectivity index (χ1n) is 7.73. The van der Waals surface area contributed by atoms with Crippen LogP contribution in [0.4, 0.5) is 18.0 Å². The monoisotopic (exact) mass is 357 g/mol. The molecule has 1 fully saturated rings. The zero-order valence-corrected chi connectivity index (χ0v) is 14.6. The Balaban J connectivity index is 2.57. The molecule has 0 aromatic heterocycles. The highest BCUT2D eigenvalue weighted by molar-refractivity contribution is 8.00. The van der Waals surface area contributed by atoms with Crippen LogP contribution in [0, 0.1) is 11.3 Å². The number of hydrogen-bond acceptors (Lipinski definition) is 4. The first kappa shape index (κ1) is 20.4. The molecule has 136 valence electrons. The van der Waals surface area contributed by atoms with Gasteiger partial charge in [0.1, 0.15) is 5.60 Å². The summed E-state index contributed by atoms with van der Waals surface area (Å²) in [6.45, 7) is 5.06. The Morgan fingerprint density at radius 2 is 1.91 bits per heavy atom. The molecule has 23 heavy (non-hydrogen) atoms. The molecule has 4 nitrogen and oxygen atoms in total. The normalized spacial score (nSPS) is 18.4. The van der Waals surface area contributed by atoms with Crippen LogP contribution in [-0.4, -0.2) is 41.2 Å². The van der Waals surface area contributed by atoms with Crippen molar-refractivity contribution in [3.8, 4) is 0 Å². The van der Waals surface area contributed by atoms with Gasteiger partial charge in [-0.15, -0.1) is 0 Å². The molecule has 0 saturated heterocycles. The number of halogens is 3. The zero-order chi connectivity index (χ0) is 17.7. The Kier molecular flexibility index (Phi) is 7.07. The van der Waals surface area contributed by atoms with E-state index in [1.807, 2.05) is 0 Å². The van der Waals surface area contributed by atoms with Crippen LogP contribution < -0.4 is 5.32 Å². The summed E-state index contributed by atoms with van der Waals surface area (Å²) in [6.07, 6.45) is 2.26. The van der Waals surface area contributed by atoms with E-state index in [0.29, 0.717) is 12.3 Å². The number of rotatable bonds is 8. The fraction of sp³-hybridized carbons (Fsp3) is 0.933. The fourth-order valence-electron chi connectivity index (χ4n) is 2.35. The van der Waals surface area contributed by atoms with Gasteiger partial charge in [-0.2, -0.15) is 13.2 Å². The van der Waals surface area contributed by atoms with Gasteiger partial charge in [-0.25, -0.2) is 4.79 Å². The zero-order valence-electron chi connectivity index (χ0n) is 13.8. The predicted molar refractivity (Wildman–Crippen MR) is 84.2 cm³/mol. The number of carbonyl (C=O) groups is 1. The first-order chi connectivity index (χ1) is 10.4. The molecule has 1 amide bonds. The molecule has 2 N–H and O–H groups in total. The molecular weight excluding hydrogens is 331 g/mol. The standard InChI is InChI=1S/C15H26F3NO3S/c1-13(2,3)22-12(21)19-9-14(10-20,8-11-4-5-11)6-7-23-15(16,17)18/h11,20H,4-10H2,1-3H3,(H,19,21). The van der Waals surface area contributed by atoms with Gasteiger partial charge >= 0.3 is 11.6 Å². The van der Waals surface area contributed by atoms with Crippen molar-refractivity contribution in [3.05, 3.63) is 0 Å². The van der Waals surface area contributed by atoms with Crippen molar-refractivity contribution in [1.29, 1.82) is 0 Å². The SMILES string of the molecule is CC(C)(C)OC(=O)NCC(CO)(CCSC(F)(F)F)CC1CC1. The molecule has 0 radical (unpaired) electrons. The van der Waals surface area contributed by atoms with Gasteiger partial charge in [0.2, 0.25) is 0 Å². The molecule has 1 unspecified atom stereocenters. The highest BCUT2D eigenvalue weighted by Gasteiger charge is 2.38. The number of nitrogens with one attached hydrogen (secondary N) is 1. The van der Waals surface area contributed by atoms with Gasteiger partial charge in [0.15, 0.2) is 0 Å². The van der Waals surface area contributed by atoms with Crippen LogP contribution >= 0.6 is 11.8 Å². The number of aliphatic hydroxyl groups excluding tert-OH is 1. The van der Waals surface area contributed by atoms with Gasteiger partial charge < -0.3 is 15.2 Å².